The molecule has 1 nitrogen and oxygen atoms in total. The molecule has 0 unspecified atom stereocenters. The van der Waals surface area contributed by atoms with Crippen LogP contribution in [-0.4, -0.2) is 0 Å². The first-order valence-electron chi connectivity index (χ1n) is 19.6. The first-order valence-corrected chi connectivity index (χ1v) is 19.6. The van der Waals surface area contributed by atoms with E-state index in [1.807, 2.05) is 0 Å². The van der Waals surface area contributed by atoms with Crippen LogP contribution in [0.15, 0.2) is 186 Å². The fourth-order valence-corrected chi connectivity index (χ4v) is 10.0. The van der Waals surface area contributed by atoms with Gasteiger partial charge < -0.3 is 4.42 Å². The molecule has 1 aliphatic carbocycles. The minimum absolute atomic E-state index is 0.226. The summed E-state index contributed by atoms with van der Waals surface area (Å²) in [6, 6.07) is 67.2. The second kappa shape index (κ2) is 11.5. The molecular weight excluding hydrogens is 677 g/mol. The molecule has 12 rings (SSSR count). The molecule has 1 aromatic heterocycles. The van der Waals surface area contributed by atoms with E-state index in [2.05, 4.69) is 196 Å². The van der Waals surface area contributed by atoms with E-state index in [0.29, 0.717) is 0 Å². The van der Waals surface area contributed by atoms with Gasteiger partial charge in [0.1, 0.15) is 11.2 Å². The molecule has 0 amide bonds. The number of hydrogen-bond donors (Lipinski definition) is 0. The van der Waals surface area contributed by atoms with E-state index in [4.69, 9.17) is 4.42 Å². The molecule has 0 spiro atoms. The van der Waals surface area contributed by atoms with Gasteiger partial charge in [0.25, 0.3) is 0 Å². The Balaban J connectivity index is 1.14. The number of fused-ring (bicyclic) bond motifs is 11. The van der Waals surface area contributed by atoms with Crippen LogP contribution in [0.3, 0.4) is 0 Å². The quantitative estimate of drug-likeness (QED) is 0.166. The highest BCUT2D eigenvalue weighted by Crippen LogP contribution is 2.56. The Kier molecular flexibility index (Phi) is 6.46. The maximum absolute atomic E-state index is 6.91. The molecule has 10 aromatic carbocycles. The van der Waals surface area contributed by atoms with E-state index in [0.717, 1.165) is 21.9 Å². The molecule has 262 valence electrons. The van der Waals surface area contributed by atoms with E-state index in [-0.39, 0.29) is 5.41 Å². The van der Waals surface area contributed by atoms with Crippen molar-refractivity contribution in [1.29, 1.82) is 0 Å². The lowest BCUT2D eigenvalue weighted by atomic mass is 9.78. The van der Waals surface area contributed by atoms with Crippen molar-refractivity contribution in [3.05, 3.63) is 193 Å². The Bertz CT molecular complexity index is 3390. The predicted octanol–water partition coefficient (Wildman–Crippen LogP) is 15.5. The number of hydrogen-bond acceptors (Lipinski definition) is 1. The van der Waals surface area contributed by atoms with Gasteiger partial charge >= 0.3 is 0 Å². The molecule has 1 heteroatoms. The fraction of sp³-hybridized carbons (Fsp3) is 0.0545. The van der Waals surface area contributed by atoms with Crippen molar-refractivity contribution in [1.82, 2.24) is 0 Å². The van der Waals surface area contributed by atoms with Crippen LogP contribution in [0, 0.1) is 0 Å². The van der Waals surface area contributed by atoms with Crippen LogP contribution in [0.25, 0.3) is 110 Å². The molecule has 1 aliphatic rings. The summed E-state index contributed by atoms with van der Waals surface area (Å²) in [5, 5.41) is 12.3. The Morgan fingerprint density at radius 2 is 0.911 bits per heavy atom. The molecule has 0 fully saturated rings. The Hall–Kier alpha value is -6.96. The SMILES string of the molecule is CC1(C)c2ccccc2-c2c1c(-c1cccc(-c3c4ccccc4c(-c4ccc5ccccc5c4)c4ccccc34)c1)cc1c2oc2cc3ccccc3cc21. The second-order valence-corrected chi connectivity index (χ2v) is 16.0. The molecule has 0 bridgehead atoms. The van der Waals surface area contributed by atoms with E-state index >= 15 is 0 Å². The van der Waals surface area contributed by atoms with Crippen LogP contribution in [0.1, 0.15) is 25.0 Å². The summed E-state index contributed by atoms with van der Waals surface area (Å²) in [5.74, 6) is 0. The zero-order valence-corrected chi connectivity index (χ0v) is 31.2. The van der Waals surface area contributed by atoms with Gasteiger partial charge in [-0.2, -0.15) is 0 Å². The summed E-state index contributed by atoms with van der Waals surface area (Å²) in [6.07, 6.45) is 0. The van der Waals surface area contributed by atoms with Gasteiger partial charge in [-0.15, -0.1) is 0 Å². The zero-order chi connectivity index (χ0) is 37.1. The van der Waals surface area contributed by atoms with Crippen molar-refractivity contribution in [2.45, 2.75) is 19.3 Å². The molecule has 56 heavy (non-hydrogen) atoms. The predicted molar refractivity (Wildman–Crippen MR) is 238 cm³/mol. The normalized spacial score (nSPS) is 13.3. The third-order valence-electron chi connectivity index (χ3n) is 12.6. The summed E-state index contributed by atoms with van der Waals surface area (Å²) >= 11 is 0. The summed E-state index contributed by atoms with van der Waals surface area (Å²) < 4.78 is 6.91. The third kappa shape index (κ3) is 4.37. The maximum Gasteiger partial charge on any atom is 0.143 e. The number of furan rings is 1. The van der Waals surface area contributed by atoms with Crippen molar-refractivity contribution >= 4 is 65.0 Å². The van der Waals surface area contributed by atoms with Gasteiger partial charge in [-0.25, -0.2) is 0 Å². The van der Waals surface area contributed by atoms with Gasteiger partial charge in [0, 0.05) is 21.8 Å². The number of rotatable bonds is 3. The Morgan fingerprint density at radius 1 is 0.357 bits per heavy atom. The average Bonchev–Trinajstić information content (AvgIpc) is 3.72. The van der Waals surface area contributed by atoms with Gasteiger partial charge in [0.05, 0.1) is 0 Å². The lowest BCUT2D eigenvalue weighted by Gasteiger charge is -2.25. The largest absolute Gasteiger partial charge is 0.455 e. The van der Waals surface area contributed by atoms with Crippen molar-refractivity contribution in [2.24, 2.45) is 0 Å². The molecular formula is C55H36O. The highest BCUT2D eigenvalue weighted by molar-refractivity contribution is 6.22. The topological polar surface area (TPSA) is 13.1 Å². The van der Waals surface area contributed by atoms with Crippen LogP contribution in [-0.2, 0) is 5.41 Å². The van der Waals surface area contributed by atoms with Crippen LogP contribution in [0.5, 0.6) is 0 Å². The molecule has 11 aromatic rings. The van der Waals surface area contributed by atoms with Gasteiger partial charge in [0.2, 0.25) is 0 Å². The van der Waals surface area contributed by atoms with Crippen molar-refractivity contribution < 1.29 is 4.42 Å². The van der Waals surface area contributed by atoms with Crippen molar-refractivity contribution in [3.8, 4) is 44.5 Å². The first-order chi connectivity index (χ1) is 27.5. The molecule has 1 heterocycles. The van der Waals surface area contributed by atoms with Crippen molar-refractivity contribution in [3.63, 3.8) is 0 Å². The third-order valence-corrected chi connectivity index (χ3v) is 12.6. The smallest absolute Gasteiger partial charge is 0.143 e. The minimum atomic E-state index is -0.226. The lowest BCUT2D eigenvalue weighted by molar-refractivity contribution is 0.654. The second-order valence-electron chi connectivity index (χ2n) is 16.0. The highest BCUT2D eigenvalue weighted by atomic mass is 16.3. The fourth-order valence-electron chi connectivity index (χ4n) is 10.0. The molecule has 0 saturated carbocycles. The van der Waals surface area contributed by atoms with E-state index in [9.17, 15) is 0 Å². The van der Waals surface area contributed by atoms with Crippen LogP contribution < -0.4 is 0 Å². The highest BCUT2D eigenvalue weighted by Gasteiger charge is 2.40. The van der Waals surface area contributed by atoms with E-state index < -0.39 is 0 Å². The van der Waals surface area contributed by atoms with Crippen molar-refractivity contribution in [2.75, 3.05) is 0 Å². The zero-order valence-electron chi connectivity index (χ0n) is 31.2. The minimum Gasteiger partial charge on any atom is -0.455 e. The summed E-state index contributed by atoms with van der Waals surface area (Å²) in [7, 11) is 0. The monoisotopic (exact) mass is 712 g/mol. The van der Waals surface area contributed by atoms with Crippen LogP contribution in [0.2, 0.25) is 0 Å². The van der Waals surface area contributed by atoms with Gasteiger partial charge in [-0.1, -0.05) is 166 Å². The molecule has 0 atom stereocenters. The standard InChI is InChI=1S/C55H36O/c1-55(2)48-25-12-11-24-44(48)52-53(55)45(32-47-46-30-35-16-5-6-17-36(35)31-49(46)56-54(47)52)37-18-13-19-38(29-37)50-40-20-7-9-22-42(40)51(43-23-10-8-21-41(43)50)39-27-26-33-14-3-4-15-34(33)28-39/h3-32H,1-2H3. The number of benzene rings is 10. The van der Waals surface area contributed by atoms with Gasteiger partial charge in [-0.05, 0) is 123 Å². The van der Waals surface area contributed by atoms with E-state index in [1.165, 1.54) is 98.7 Å². The van der Waals surface area contributed by atoms with E-state index in [1.54, 1.807) is 0 Å². The summed E-state index contributed by atoms with van der Waals surface area (Å²) in [6.45, 7) is 4.75. The molecule has 0 N–H and O–H groups in total. The first kappa shape index (κ1) is 31.4. The average molecular weight is 713 g/mol. The lowest BCUT2D eigenvalue weighted by Crippen LogP contribution is -2.16. The van der Waals surface area contributed by atoms with Crippen LogP contribution in [0.4, 0.5) is 0 Å². The van der Waals surface area contributed by atoms with Gasteiger partial charge in [-0.3, -0.25) is 0 Å². The Morgan fingerprint density at radius 3 is 1.61 bits per heavy atom. The summed E-state index contributed by atoms with van der Waals surface area (Å²) in [4.78, 5) is 0. The van der Waals surface area contributed by atoms with Crippen LogP contribution >= 0.6 is 0 Å². The molecule has 0 aliphatic heterocycles. The van der Waals surface area contributed by atoms with Gasteiger partial charge in [0.15, 0.2) is 0 Å². The summed E-state index contributed by atoms with van der Waals surface area (Å²) in [5.41, 5.74) is 14.3. The molecule has 0 radical (unpaired) electrons. The maximum atomic E-state index is 6.91. The Labute approximate surface area is 325 Å². The molecule has 0 saturated heterocycles.